The number of Topliss-reactive ketones (excluding diaryl/α,β-unsaturated/α-hetero) is 1. The summed E-state index contributed by atoms with van der Waals surface area (Å²) in [4.78, 5) is 11.9. The van der Waals surface area contributed by atoms with Crippen molar-refractivity contribution in [2.75, 3.05) is 0 Å². The molecule has 1 aliphatic rings. The monoisotopic (exact) mass is 322 g/mol. The lowest BCUT2D eigenvalue weighted by molar-refractivity contribution is -0.114. The molecule has 0 radical (unpaired) electrons. The Morgan fingerprint density at radius 1 is 1.38 bits per heavy atom. The molecule has 4 nitrogen and oxygen atoms in total. The second kappa shape index (κ2) is 5.80. The van der Waals surface area contributed by atoms with E-state index in [1.807, 2.05) is 6.07 Å². The number of carbonyl (C=O) groups excluding carboxylic acids is 1. The van der Waals surface area contributed by atoms with Crippen molar-refractivity contribution in [1.29, 1.82) is 5.26 Å². The zero-order valence-electron chi connectivity index (χ0n) is 11.4. The molecule has 1 aromatic carbocycles. The van der Waals surface area contributed by atoms with Crippen LogP contribution >= 0.6 is 23.2 Å². The van der Waals surface area contributed by atoms with Crippen LogP contribution in [0.15, 0.2) is 41.0 Å². The quantitative estimate of drug-likeness (QED) is 0.901. The minimum absolute atomic E-state index is 0.00364. The smallest absolute Gasteiger partial charge is 0.205 e. The van der Waals surface area contributed by atoms with Crippen LogP contribution in [0.1, 0.15) is 25.3 Å². The average Bonchev–Trinajstić information content (AvgIpc) is 2.40. The number of hydrogen-bond donors (Lipinski definition) is 1. The van der Waals surface area contributed by atoms with Gasteiger partial charge in [0, 0.05) is 5.57 Å². The topological polar surface area (TPSA) is 76.1 Å². The first-order valence-electron chi connectivity index (χ1n) is 6.11. The van der Waals surface area contributed by atoms with Crippen molar-refractivity contribution in [3.63, 3.8) is 0 Å². The largest absolute Gasteiger partial charge is 0.445 e. The highest BCUT2D eigenvalue weighted by Crippen LogP contribution is 2.40. The van der Waals surface area contributed by atoms with Crippen LogP contribution in [0.5, 0.6) is 0 Å². The van der Waals surface area contributed by atoms with Gasteiger partial charge < -0.3 is 10.5 Å². The van der Waals surface area contributed by atoms with E-state index in [9.17, 15) is 10.1 Å². The van der Waals surface area contributed by atoms with Crippen LogP contribution in [0.4, 0.5) is 0 Å². The summed E-state index contributed by atoms with van der Waals surface area (Å²) in [5.41, 5.74) is 7.00. The molecule has 2 rings (SSSR count). The van der Waals surface area contributed by atoms with Crippen molar-refractivity contribution in [3.05, 3.63) is 56.6 Å². The van der Waals surface area contributed by atoms with Gasteiger partial charge >= 0.3 is 0 Å². The van der Waals surface area contributed by atoms with Crippen molar-refractivity contribution in [2.24, 2.45) is 5.73 Å². The first kappa shape index (κ1) is 15.4. The zero-order chi connectivity index (χ0) is 15.7. The first-order valence-corrected chi connectivity index (χ1v) is 6.86. The molecule has 0 unspecified atom stereocenters. The van der Waals surface area contributed by atoms with Gasteiger partial charge in [0.1, 0.15) is 17.4 Å². The molecule has 0 aromatic heterocycles. The summed E-state index contributed by atoms with van der Waals surface area (Å²) in [6.07, 6.45) is 0. The number of allylic oxidation sites excluding steroid dienone is 3. The summed E-state index contributed by atoms with van der Waals surface area (Å²) in [7, 11) is 0. The van der Waals surface area contributed by atoms with E-state index in [2.05, 4.69) is 0 Å². The maximum Gasteiger partial charge on any atom is 0.205 e. The minimum atomic E-state index is -0.601. The normalized spacial score (nSPS) is 18.3. The maximum atomic E-state index is 11.9. The minimum Gasteiger partial charge on any atom is -0.445 e. The van der Waals surface area contributed by atoms with Crippen molar-refractivity contribution < 1.29 is 9.53 Å². The fourth-order valence-corrected chi connectivity index (χ4v) is 2.67. The number of benzene rings is 1. The van der Waals surface area contributed by atoms with Gasteiger partial charge in [-0.2, -0.15) is 5.26 Å². The summed E-state index contributed by atoms with van der Waals surface area (Å²) >= 11 is 11.9. The van der Waals surface area contributed by atoms with Crippen LogP contribution in [0.25, 0.3) is 0 Å². The van der Waals surface area contributed by atoms with E-state index in [0.717, 1.165) is 0 Å². The molecule has 0 saturated heterocycles. The predicted molar refractivity (Wildman–Crippen MR) is 80.5 cm³/mol. The van der Waals surface area contributed by atoms with Gasteiger partial charge in [-0.15, -0.1) is 0 Å². The first-order chi connectivity index (χ1) is 9.86. The van der Waals surface area contributed by atoms with Crippen LogP contribution in [0.3, 0.4) is 0 Å². The highest BCUT2D eigenvalue weighted by molar-refractivity contribution is 6.42. The van der Waals surface area contributed by atoms with Crippen molar-refractivity contribution in [3.8, 4) is 6.07 Å². The fraction of sp³-hybridized carbons (Fsp3) is 0.200. The van der Waals surface area contributed by atoms with Gasteiger partial charge in [-0.3, -0.25) is 4.79 Å². The van der Waals surface area contributed by atoms with Gasteiger partial charge in [-0.25, -0.2) is 0 Å². The lowest BCUT2D eigenvalue weighted by atomic mass is 9.81. The number of hydrogen-bond acceptors (Lipinski definition) is 4. The van der Waals surface area contributed by atoms with E-state index >= 15 is 0 Å². The summed E-state index contributed by atoms with van der Waals surface area (Å²) < 4.78 is 5.30. The molecule has 0 amide bonds. The number of ether oxygens (including phenoxy) is 1. The fourth-order valence-electron chi connectivity index (χ4n) is 2.36. The number of halogens is 2. The van der Waals surface area contributed by atoms with Gasteiger partial charge in [0.2, 0.25) is 5.88 Å². The van der Waals surface area contributed by atoms with Crippen molar-refractivity contribution in [2.45, 2.75) is 19.8 Å². The summed E-state index contributed by atoms with van der Waals surface area (Å²) in [5.74, 6) is -0.411. The third-order valence-corrected chi connectivity index (χ3v) is 4.00. The van der Waals surface area contributed by atoms with Crippen molar-refractivity contribution >= 4 is 29.0 Å². The molecule has 0 fully saturated rings. The highest BCUT2D eigenvalue weighted by Gasteiger charge is 2.33. The van der Waals surface area contributed by atoms with Gasteiger partial charge in [-0.05, 0) is 31.5 Å². The Bertz CT molecular complexity index is 730. The molecule has 1 atom stereocenters. The standard InChI is InChI=1S/C15H12Cl2N2O2/c1-7(20)13-8(2)21-15(19)10(6-18)14(13)9-3-4-11(16)12(17)5-9/h3-5,14H,19H2,1-2H3/t14-/m1/s1. The maximum absolute atomic E-state index is 11.9. The van der Waals surface area contributed by atoms with E-state index in [0.29, 0.717) is 26.9 Å². The number of nitriles is 1. The zero-order valence-corrected chi connectivity index (χ0v) is 12.9. The second-order valence-electron chi connectivity index (χ2n) is 4.62. The second-order valence-corrected chi connectivity index (χ2v) is 5.44. The Hall–Kier alpha value is -1.96. The molecule has 0 aliphatic carbocycles. The number of nitrogens with two attached hydrogens (primary N) is 1. The molecule has 108 valence electrons. The van der Waals surface area contributed by atoms with E-state index in [-0.39, 0.29) is 17.2 Å². The molecule has 6 heteroatoms. The Kier molecular flexibility index (Phi) is 4.26. The Morgan fingerprint density at radius 3 is 2.57 bits per heavy atom. The van der Waals surface area contributed by atoms with Crippen molar-refractivity contribution in [1.82, 2.24) is 0 Å². The van der Waals surface area contributed by atoms with Gasteiger partial charge in [0.15, 0.2) is 5.78 Å². The molecule has 0 bridgehead atoms. The van der Waals surface area contributed by atoms with Gasteiger partial charge in [0.25, 0.3) is 0 Å². The number of carbonyl (C=O) groups is 1. The van der Waals surface area contributed by atoms with E-state index in [1.165, 1.54) is 6.92 Å². The van der Waals surface area contributed by atoms with Gasteiger partial charge in [0.05, 0.1) is 16.0 Å². The molecule has 1 heterocycles. The molecule has 2 N–H and O–H groups in total. The molecule has 21 heavy (non-hydrogen) atoms. The number of rotatable bonds is 2. The summed E-state index contributed by atoms with van der Waals surface area (Å²) in [6.45, 7) is 3.06. The molecular weight excluding hydrogens is 311 g/mol. The SMILES string of the molecule is CC(=O)C1=C(C)OC(N)=C(C#N)[C@H]1c1ccc(Cl)c(Cl)c1. The number of nitrogens with zero attached hydrogens (tertiary/aromatic N) is 1. The van der Waals surface area contributed by atoms with E-state index < -0.39 is 5.92 Å². The van der Waals surface area contributed by atoms with Crippen LogP contribution in [0, 0.1) is 11.3 Å². The van der Waals surface area contributed by atoms with Gasteiger partial charge in [-0.1, -0.05) is 29.3 Å². The Balaban J connectivity index is 2.68. The van der Waals surface area contributed by atoms with Crippen LogP contribution < -0.4 is 5.73 Å². The third-order valence-electron chi connectivity index (χ3n) is 3.26. The molecule has 0 spiro atoms. The summed E-state index contributed by atoms with van der Waals surface area (Å²) in [5, 5.41) is 10.1. The average molecular weight is 323 g/mol. The highest BCUT2D eigenvalue weighted by atomic mass is 35.5. The third kappa shape index (κ3) is 2.76. The summed E-state index contributed by atoms with van der Waals surface area (Å²) in [6, 6.07) is 6.97. The molecule has 1 aliphatic heterocycles. The van der Waals surface area contributed by atoms with Crippen LogP contribution in [0.2, 0.25) is 10.0 Å². The van der Waals surface area contributed by atoms with E-state index in [4.69, 9.17) is 33.7 Å². The lowest BCUT2D eigenvalue weighted by Gasteiger charge is -2.26. The Labute approximate surface area is 132 Å². The number of ketones is 1. The predicted octanol–water partition coefficient (Wildman–Crippen LogP) is 3.66. The molecule has 0 saturated carbocycles. The molecule has 1 aromatic rings. The molecular formula is C15H12Cl2N2O2. The van der Waals surface area contributed by atoms with Crippen LogP contribution in [-0.4, -0.2) is 5.78 Å². The Morgan fingerprint density at radius 2 is 2.05 bits per heavy atom. The van der Waals surface area contributed by atoms with E-state index in [1.54, 1.807) is 25.1 Å². The van der Waals surface area contributed by atoms with Crippen LogP contribution in [-0.2, 0) is 9.53 Å². The lowest BCUT2D eigenvalue weighted by Crippen LogP contribution is -2.23.